The number of nitrogens with zero attached hydrogens (tertiary/aromatic N) is 4. The van der Waals surface area contributed by atoms with E-state index >= 15 is 0 Å². The van der Waals surface area contributed by atoms with Crippen LogP contribution in [0.4, 0.5) is 0 Å². The molecule has 0 saturated heterocycles. The van der Waals surface area contributed by atoms with Gasteiger partial charge in [-0.1, -0.05) is 11.8 Å². The zero-order valence-electron chi connectivity index (χ0n) is 11.9. The minimum absolute atomic E-state index is 0.175. The Morgan fingerprint density at radius 3 is 2.91 bits per heavy atom. The van der Waals surface area contributed by atoms with Crippen LogP contribution in [0.5, 0.6) is 0 Å². The standard InChI is InChI=1S/C15H16N4O2S/c20-7-3-9-22-15-18-17-14(12-4-1-6-16-10-12)19(15)11-13-5-2-8-21-13/h1-2,4-6,8,10,20H,3,7,9,11H2. The summed E-state index contributed by atoms with van der Waals surface area (Å²) in [4.78, 5) is 4.14. The van der Waals surface area contributed by atoms with Gasteiger partial charge in [-0.05, 0) is 30.7 Å². The highest BCUT2D eigenvalue weighted by atomic mass is 32.2. The first kappa shape index (κ1) is 14.8. The summed E-state index contributed by atoms with van der Waals surface area (Å²) in [7, 11) is 0. The first-order valence-electron chi connectivity index (χ1n) is 6.98. The van der Waals surface area contributed by atoms with Gasteiger partial charge in [0.2, 0.25) is 0 Å². The average molecular weight is 316 g/mol. The number of aromatic nitrogens is 4. The second-order valence-electron chi connectivity index (χ2n) is 4.64. The third-order valence-corrected chi connectivity index (χ3v) is 4.12. The highest BCUT2D eigenvalue weighted by Gasteiger charge is 2.15. The fourth-order valence-corrected chi connectivity index (χ4v) is 2.89. The fourth-order valence-electron chi connectivity index (χ4n) is 2.03. The van der Waals surface area contributed by atoms with Crippen molar-refractivity contribution in [2.75, 3.05) is 12.4 Å². The van der Waals surface area contributed by atoms with Crippen LogP contribution in [0.25, 0.3) is 11.4 Å². The van der Waals surface area contributed by atoms with Crippen LogP contribution in [0.3, 0.4) is 0 Å². The summed E-state index contributed by atoms with van der Waals surface area (Å²) in [6.45, 7) is 0.737. The van der Waals surface area contributed by atoms with Gasteiger partial charge in [0.05, 0.1) is 12.8 Å². The van der Waals surface area contributed by atoms with Crippen LogP contribution in [-0.4, -0.2) is 37.2 Å². The Labute approximate surface area is 132 Å². The number of thioether (sulfide) groups is 1. The minimum atomic E-state index is 0.175. The molecule has 3 heterocycles. The van der Waals surface area contributed by atoms with E-state index in [0.29, 0.717) is 6.54 Å². The maximum Gasteiger partial charge on any atom is 0.191 e. The predicted octanol–water partition coefficient (Wildman–Crippen LogP) is 2.46. The van der Waals surface area contributed by atoms with Crippen LogP contribution in [-0.2, 0) is 6.54 Å². The molecule has 3 aromatic rings. The van der Waals surface area contributed by atoms with Crippen LogP contribution in [0.2, 0.25) is 0 Å². The van der Waals surface area contributed by atoms with Crippen molar-refractivity contribution in [3.63, 3.8) is 0 Å². The Morgan fingerprint density at radius 1 is 1.23 bits per heavy atom. The molecule has 0 aliphatic heterocycles. The zero-order chi connectivity index (χ0) is 15.2. The van der Waals surface area contributed by atoms with Crippen LogP contribution >= 0.6 is 11.8 Å². The first-order chi connectivity index (χ1) is 10.9. The molecule has 0 saturated carbocycles. The number of hydrogen-bond acceptors (Lipinski definition) is 6. The maximum atomic E-state index is 8.92. The molecule has 1 N–H and O–H groups in total. The molecule has 0 bridgehead atoms. The summed E-state index contributed by atoms with van der Waals surface area (Å²) in [6.07, 6.45) is 5.88. The van der Waals surface area contributed by atoms with Crippen molar-refractivity contribution in [1.29, 1.82) is 0 Å². The SMILES string of the molecule is OCCCSc1nnc(-c2cccnc2)n1Cc1ccco1. The smallest absolute Gasteiger partial charge is 0.191 e. The summed E-state index contributed by atoms with van der Waals surface area (Å²) in [5.74, 6) is 2.39. The Hall–Kier alpha value is -2.12. The number of furan rings is 1. The summed E-state index contributed by atoms with van der Waals surface area (Å²) >= 11 is 1.58. The number of hydrogen-bond donors (Lipinski definition) is 1. The molecule has 3 aromatic heterocycles. The summed E-state index contributed by atoms with van der Waals surface area (Å²) in [5, 5.41) is 18.3. The highest BCUT2D eigenvalue weighted by Crippen LogP contribution is 2.25. The van der Waals surface area contributed by atoms with Gasteiger partial charge in [0, 0.05) is 30.3 Å². The van der Waals surface area contributed by atoms with Gasteiger partial charge in [0.15, 0.2) is 11.0 Å². The van der Waals surface area contributed by atoms with Gasteiger partial charge in [-0.3, -0.25) is 9.55 Å². The minimum Gasteiger partial charge on any atom is -0.467 e. The molecule has 6 nitrogen and oxygen atoms in total. The van der Waals surface area contributed by atoms with E-state index in [1.807, 2.05) is 28.8 Å². The molecular formula is C15H16N4O2S. The van der Waals surface area contributed by atoms with E-state index in [-0.39, 0.29) is 6.61 Å². The topological polar surface area (TPSA) is 77.0 Å². The molecular weight excluding hydrogens is 300 g/mol. The van der Waals surface area contributed by atoms with Crippen molar-refractivity contribution in [1.82, 2.24) is 19.7 Å². The third-order valence-electron chi connectivity index (χ3n) is 3.06. The van der Waals surface area contributed by atoms with Gasteiger partial charge >= 0.3 is 0 Å². The molecule has 0 amide bonds. The van der Waals surface area contributed by atoms with E-state index in [1.54, 1.807) is 30.4 Å². The molecule has 22 heavy (non-hydrogen) atoms. The highest BCUT2D eigenvalue weighted by molar-refractivity contribution is 7.99. The van der Waals surface area contributed by atoms with Crippen LogP contribution in [0, 0.1) is 0 Å². The zero-order valence-corrected chi connectivity index (χ0v) is 12.7. The van der Waals surface area contributed by atoms with Gasteiger partial charge in [0.25, 0.3) is 0 Å². The summed E-state index contributed by atoms with van der Waals surface area (Å²) in [5.41, 5.74) is 0.913. The second-order valence-corrected chi connectivity index (χ2v) is 5.70. The van der Waals surface area contributed by atoms with E-state index < -0.39 is 0 Å². The Bertz CT molecular complexity index is 698. The summed E-state index contributed by atoms with van der Waals surface area (Å²) in [6, 6.07) is 7.62. The first-order valence-corrected chi connectivity index (χ1v) is 7.96. The van der Waals surface area contributed by atoms with Crippen LogP contribution in [0.15, 0.2) is 52.5 Å². The molecule has 0 aromatic carbocycles. The Morgan fingerprint density at radius 2 is 2.18 bits per heavy atom. The van der Waals surface area contributed by atoms with Gasteiger partial charge in [0.1, 0.15) is 5.76 Å². The molecule has 114 valence electrons. The lowest BCUT2D eigenvalue weighted by Gasteiger charge is -2.08. The fraction of sp³-hybridized carbons (Fsp3) is 0.267. The van der Waals surface area contributed by atoms with Crippen molar-refractivity contribution < 1.29 is 9.52 Å². The average Bonchev–Trinajstić information content (AvgIpc) is 3.20. The van der Waals surface area contributed by atoms with Crippen LogP contribution in [0.1, 0.15) is 12.2 Å². The second kappa shape index (κ2) is 7.24. The quantitative estimate of drug-likeness (QED) is 0.533. The molecule has 3 rings (SSSR count). The lowest BCUT2D eigenvalue weighted by molar-refractivity contribution is 0.296. The molecule has 7 heteroatoms. The number of rotatable bonds is 7. The summed E-state index contributed by atoms with van der Waals surface area (Å²) < 4.78 is 7.45. The van der Waals surface area contributed by atoms with E-state index in [1.165, 1.54) is 0 Å². The number of aliphatic hydroxyl groups is 1. The van der Waals surface area contributed by atoms with Crippen molar-refractivity contribution in [3.8, 4) is 11.4 Å². The molecule has 0 spiro atoms. The van der Waals surface area contributed by atoms with Gasteiger partial charge < -0.3 is 9.52 Å². The monoisotopic (exact) mass is 316 g/mol. The van der Waals surface area contributed by atoms with E-state index in [2.05, 4.69) is 15.2 Å². The van der Waals surface area contributed by atoms with Crippen molar-refractivity contribution in [2.24, 2.45) is 0 Å². The number of pyridine rings is 1. The normalized spacial score (nSPS) is 11.0. The van der Waals surface area contributed by atoms with E-state index in [9.17, 15) is 0 Å². The van der Waals surface area contributed by atoms with Crippen LogP contribution < -0.4 is 0 Å². The molecule has 0 fully saturated rings. The lowest BCUT2D eigenvalue weighted by atomic mass is 10.2. The van der Waals surface area contributed by atoms with E-state index in [4.69, 9.17) is 9.52 Å². The van der Waals surface area contributed by atoms with Crippen molar-refractivity contribution >= 4 is 11.8 Å². The largest absolute Gasteiger partial charge is 0.467 e. The maximum absolute atomic E-state index is 8.92. The van der Waals surface area contributed by atoms with Gasteiger partial charge in [-0.25, -0.2) is 0 Å². The molecule has 0 atom stereocenters. The number of aliphatic hydroxyl groups excluding tert-OH is 1. The van der Waals surface area contributed by atoms with Crippen molar-refractivity contribution in [2.45, 2.75) is 18.1 Å². The van der Waals surface area contributed by atoms with E-state index in [0.717, 1.165) is 34.5 Å². The van der Waals surface area contributed by atoms with Gasteiger partial charge in [-0.2, -0.15) is 0 Å². The molecule has 0 aliphatic carbocycles. The molecule has 0 unspecified atom stereocenters. The third kappa shape index (κ3) is 3.37. The predicted molar refractivity (Wildman–Crippen MR) is 83.5 cm³/mol. The Kier molecular flexibility index (Phi) is 4.87. The molecule has 0 radical (unpaired) electrons. The molecule has 0 aliphatic rings. The Balaban J connectivity index is 1.92. The van der Waals surface area contributed by atoms with Crippen molar-refractivity contribution in [3.05, 3.63) is 48.7 Å². The van der Waals surface area contributed by atoms with Gasteiger partial charge in [-0.15, -0.1) is 10.2 Å². The lowest BCUT2D eigenvalue weighted by Crippen LogP contribution is -2.04.